The van der Waals surface area contributed by atoms with Crippen LogP contribution in [0.3, 0.4) is 0 Å². The van der Waals surface area contributed by atoms with Gasteiger partial charge in [-0.05, 0) is 89.8 Å². The molecule has 0 aromatic carbocycles. The first-order chi connectivity index (χ1) is 11.2. The summed E-state index contributed by atoms with van der Waals surface area (Å²) in [7, 11) is 0.00493. The fourth-order valence-electron chi connectivity index (χ4n) is 3.48. The quantitative estimate of drug-likeness (QED) is 0.391. The summed E-state index contributed by atoms with van der Waals surface area (Å²) in [4.78, 5) is 0. The van der Waals surface area contributed by atoms with Crippen LogP contribution in [0.15, 0.2) is 0 Å². The minimum Gasteiger partial charge on any atom is -0.403 e. The maximum absolute atomic E-state index is 6.04. The fourth-order valence-corrected chi connectivity index (χ4v) is 3.79. The molecule has 140 valence electrons. The van der Waals surface area contributed by atoms with E-state index in [2.05, 4.69) is 34.6 Å². The van der Waals surface area contributed by atoms with Gasteiger partial charge in [0.2, 0.25) is 0 Å². The second-order valence-corrected chi connectivity index (χ2v) is 9.68. The average Bonchev–Trinajstić information content (AvgIpc) is 3.38. The van der Waals surface area contributed by atoms with Gasteiger partial charge in [-0.25, -0.2) is 0 Å². The molecule has 24 heavy (non-hydrogen) atoms. The Morgan fingerprint density at radius 1 is 0.875 bits per heavy atom. The molecular formula is C19H35BCl2O2. The predicted molar refractivity (Wildman–Crippen MR) is 105 cm³/mol. The topological polar surface area (TPSA) is 18.5 Å². The highest BCUT2D eigenvalue weighted by Crippen LogP contribution is 2.54. The van der Waals surface area contributed by atoms with Gasteiger partial charge in [-0.1, -0.05) is 6.92 Å². The lowest BCUT2D eigenvalue weighted by Crippen LogP contribution is -2.41. The van der Waals surface area contributed by atoms with Crippen molar-refractivity contribution in [2.45, 2.75) is 90.2 Å². The zero-order valence-electron chi connectivity index (χ0n) is 16.1. The van der Waals surface area contributed by atoms with Crippen LogP contribution in [0.2, 0.25) is 5.82 Å². The minimum absolute atomic E-state index is 0.00493. The van der Waals surface area contributed by atoms with E-state index in [1.165, 1.54) is 32.1 Å². The normalized spacial score (nSPS) is 35.4. The van der Waals surface area contributed by atoms with E-state index in [1.807, 2.05) is 0 Å². The highest BCUT2D eigenvalue weighted by Gasteiger charge is 2.59. The van der Waals surface area contributed by atoms with E-state index < -0.39 is 0 Å². The average molecular weight is 377 g/mol. The van der Waals surface area contributed by atoms with Crippen LogP contribution in [0.25, 0.3) is 0 Å². The summed E-state index contributed by atoms with van der Waals surface area (Å²) in [5, 5.41) is 0. The molecule has 1 aliphatic heterocycles. The molecule has 0 amide bonds. The lowest BCUT2D eigenvalue weighted by Gasteiger charge is -2.32. The van der Waals surface area contributed by atoms with Crippen molar-refractivity contribution in [2.24, 2.45) is 17.8 Å². The van der Waals surface area contributed by atoms with E-state index in [-0.39, 0.29) is 18.3 Å². The molecule has 2 aliphatic carbocycles. The van der Waals surface area contributed by atoms with Crippen molar-refractivity contribution < 1.29 is 9.31 Å². The van der Waals surface area contributed by atoms with Crippen LogP contribution < -0.4 is 0 Å². The Labute approximate surface area is 159 Å². The van der Waals surface area contributed by atoms with Crippen molar-refractivity contribution in [3.05, 3.63) is 0 Å². The molecule has 5 heteroatoms. The summed E-state index contributed by atoms with van der Waals surface area (Å²) in [6.07, 6.45) is 7.62. The Morgan fingerprint density at radius 3 is 1.75 bits per heavy atom. The molecule has 0 bridgehead atoms. The molecular weight excluding hydrogens is 342 g/mol. The summed E-state index contributed by atoms with van der Waals surface area (Å²) in [5.74, 6) is 5.04. The number of rotatable bonds is 7. The van der Waals surface area contributed by atoms with E-state index in [4.69, 9.17) is 32.5 Å². The number of alkyl halides is 2. The van der Waals surface area contributed by atoms with Crippen LogP contribution in [0.4, 0.5) is 0 Å². The third-order valence-electron chi connectivity index (χ3n) is 6.29. The van der Waals surface area contributed by atoms with E-state index >= 15 is 0 Å². The van der Waals surface area contributed by atoms with Gasteiger partial charge in [-0.2, -0.15) is 0 Å². The SMILES string of the molecule is CC1(C)OB(C2CC2CCCCl)OC1(C)C.CC1CC1CCCCl. The van der Waals surface area contributed by atoms with E-state index in [1.54, 1.807) is 0 Å². The third-order valence-corrected chi connectivity index (χ3v) is 6.83. The molecule has 0 spiro atoms. The number of hydrogen-bond donors (Lipinski definition) is 0. The molecule has 2 saturated carbocycles. The van der Waals surface area contributed by atoms with E-state index in [0.717, 1.165) is 35.9 Å². The summed E-state index contributed by atoms with van der Waals surface area (Å²) >= 11 is 11.2. The van der Waals surface area contributed by atoms with Crippen LogP contribution in [-0.2, 0) is 9.31 Å². The zero-order chi connectivity index (χ0) is 18.0. The first-order valence-corrected chi connectivity index (χ1v) is 10.8. The summed E-state index contributed by atoms with van der Waals surface area (Å²) in [6, 6.07) is 0. The van der Waals surface area contributed by atoms with Gasteiger partial charge in [0.25, 0.3) is 0 Å². The number of hydrogen-bond acceptors (Lipinski definition) is 2. The van der Waals surface area contributed by atoms with Crippen LogP contribution in [0.1, 0.15) is 73.1 Å². The molecule has 2 nitrogen and oxygen atoms in total. The lowest BCUT2D eigenvalue weighted by molar-refractivity contribution is 0.00578. The minimum atomic E-state index is -0.183. The van der Waals surface area contributed by atoms with Gasteiger partial charge >= 0.3 is 7.12 Å². The Morgan fingerprint density at radius 2 is 1.33 bits per heavy atom. The molecule has 0 aromatic rings. The molecule has 3 aliphatic rings. The molecule has 0 N–H and O–H groups in total. The Balaban J connectivity index is 0.000000219. The smallest absolute Gasteiger partial charge is 0.403 e. The first-order valence-electron chi connectivity index (χ1n) is 9.69. The summed E-state index contributed by atoms with van der Waals surface area (Å²) in [6.45, 7) is 10.8. The van der Waals surface area contributed by atoms with Crippen LogP contribution in [-0.4, -0.2) is 30.1 Å². The van der Waals surface area contributed by atoms with Gasteiger partial charge in [0.05, 0.1) is 11.2 Å². The van der Waals surface area contributed by atoms with Gasteiger partial charge in [0.1, 0.15) is 0 Å². The Hall–Kier alpha value is 0.565. The molecule has 0 radical (unpaired) electrons. The third kappa shape index (κ3) is 5.53. The van der Waals surface area contributed by atoms with Gasteiger partial charge in [-0.15, -0.1) is 23.2 Å². The van der Waals surface area contributed by atoms with E-state index in [9.17, 15) is 0 Å². The van der Waals surface area contributed by atoms with Gasteiger partial charge in [-0.3, -0.25) is 0 Å². The van der Waals surface area contributed by atoms with Gasteiger partial charge in [0, 0.05) is 11.8 Å². The molecule has 0 aromatic heterocycles. The molecule has 3 rings (SSSR count). The highest BCUT2D eigenvalue weighted by atomic mass is 35.5. The maximum Gasteiger partial charge on any atom is 0.461 e. The molecule has 1 saturated heterocycles. The standard InChI is InChI=1S/C12H22BClO2.C7H13Cl/c1-11(2)12(3,4)16-13(15-11)10-8-9(10)6-5-7-14;1-6-5-7(6)3-2-4-8/h9-10H,5-8H2,1-4H3;6-7H,2-5H2,1H3. The van der Waals surface area contributed by atoms with Gasteiger partial charge in [0.15, 0.2) is 0 Å². The Bertz CT molecular complexity index is 387. The largest absolute Gasteiger partial charge is 0.461 e. The summed E-state index contributed by atoms with van der Waals surface area (Å²) in [5.41, 5.74) is -0.366. The van der Waals surface area contributed by atoms with Crippen molar-refractivity contribution in [1.82, 2.24) is 0 Å². The Kier molecular flexibility index (Phi) is 7.39. The molecule has 1 heterocycles. The van der Waals surface area contributed by atoms with Crippen molar-refractivity contribution >= 4 is 30.3 Å². The molecule has 4 atom stereocenters. The van der Waals surface area contributed by atoms with Crippen LogP contribution in [0.5, 0.6) is 0 Å². The second kappa shape index (κ2) is 8.50. The van der Waals surface area contributed by atoms with Crippen molar-refractivity contribution in [3.8, 4) is 0 Å². The second-order valence-electron chi connectivity index (χ2n) is 8.92. The van der Waals surface area contributed by atoms with Crippen molar-refractivity contribution in [2.75, 3.05) is 11.8 Å². The van der Waals surface area contributed by atoms with Gasteiger partial charge < -0.3 is 9.31 Å². The summed E-state index contributed by atoms with van der Waals surface area (Å²) < 4.78 is 12.1. The molecule has 4 unspecified atom stereocenters. The number of halogens is 2. The lowest BCUT2D eigenvalue weighted by atomic mass is 9.80. The molecule has 3 fully saturated rings. The fraction of sp³-hybridized carbons (Fsp3) is 1.00. The maximum atomic E-state index is 6.04. The zero-order valence-corrected chi connectivity index (χ0v) is 17.6. The highest BCUT2D eigenvalue weighted by molar-refractivity contribution is 6.48. The monoisotopic (exact) mass is 376 g/mol. The van der Waals surface area contributed by atoms with E-state index in [0.29, 0.717) is 5.82 Å². The van der Waals surface area contributed by atoms with Crippen molar-refractivity contribution in [1.29, 1.82) is 0 Å². The van der Waals surface area contributed by atoms with Crippen LogP contribution in [0, 0.1) is 17.8 Å². The van der Waals surface area contributed by atoms with Crippen molar-refractivity contribution in [3.63, 3.8) is 0 Å². The van der Waals surface area contributed by atoms with Crippen LogP contribution >= 0.6 is 23.2 Å². The predicted octanol–water partition coefficient (Wildman–Crippen LogP) is 6.15. The first kappa shape index (κ1) is 20.9.